The molecule has 0 aromatic heterocycles. The van der Waals surface area contributed by atoms with Crippen molar-refractivity contribution in [3.8, 4) is 6.07 Å². The highest BCUT2D eigenvalue weighted by Crippen LogP contribution is 2.02. The quantitative estimate of drug-likeness (QED) is 0.453. The number of nitrogens with zero attached hydrogens (tertiary/aromatic N) is 1. The molecule has 0 aliphatic heterocycles. The summed E-state index contributed by atoms with van der Waals surface area (Å²) in [5.41, 5.74) is 0. The minimum absolute atomic E-state index is 0.246. The van der Waals surface area contributed by atoms with Crippen LogP contribution in [0.4, 0.5) is 0 Å². The summed E-state index contributed by atoms with van der Waals surface area (Å²) < 4.78 is 4.81. The van der Waals surface area contributed by atoms with Gasteiger partial charge in [0, 0.05) is 6.08 Å². The lowest BCUT2D eigenvalue weighted by Gasteiger charge is -2.09. The maximum atomic E-state index is 10.6. The molecule has 1 unspecified atom stereocenters. The highest BCUT2D eigenvalue weighted by atomic mass is 16.5. The van der Waals surface area contributed by atoms with Gasteiger partial charge < -0.3 is 4.74 Å². The number of carbonyl (C=O) groups is 1. The molecular formula is C8H11NO2. The Morgan fingerprint density at radius 1 is 1.91 bits per heavy atom. The van der Waals surface area contributed by atoms with Crippen LogP contribution >= 0.6 is 0 Å². The van der Waals surface area contributed by atoms with Gasteiger partial charge in [-0.25, -0.2) is 4.79 Å². The fourth-order valence-corrected chi connectivity index (χ4v) is 0.584. The van der Waals surface area contributed by atoms with Crippen LogP contribution in [0.5, 0.6) is 0 Å². The van der Waals surface area contributed by atoms with Crippen molar-refractivity contribution in [1.29, 1.82) is 5.26 Å². The number of carbonyl (C=O) groups excluding carboxylic acids is 1. The minimum Gasteiger partial charge on any atom is -0.458 e. The molecule has 0 heterocycles. The van der Waals surface area contributed by atoms with Crippen LogP contribution in [-0.4, -0.2) is 12.1 Å². The summed E-state index contributed by atoms with van der Waals surface area (Å²) in [7, 11) is 0. The van der Waals surface area contributed by atoms with E-state index in [4.69, 9.17) is 10.00 Å². The van der Waals surface area contributed by atoms with Gasteiger partial charge in [0.1, 0.15) is 6.10 Å². The van der Waals surface area contributed by atoms with Crippen molar-refractivity contribution >= 4 is 5.97 Å². The maximum Gasteiger partial charge on any atom is 0.330 e. The van der Waals surface area contributed by atoms with E-state index in [0.717, 1.165) is 6.08 Å². The molecule has 0 amide bonds. The van der Waals surface area contributed by atoms with Gasteiger partial charge in [0.05, 0.1) is 12.5 Å². The van der Waals surface area contributed by atoms with E-state index < -0.39 is 5.97 Å². The molecule has 0 aromatic rings. The molecule has 0 rings (SSSR count). The third-order valence-corrected chi connectivity index (χ3v) is 1.22. The highest BCUT2D eigenvalue weighted by molar-refractivity contribution is 5.81. The van der Waals surface area contributed by atoms with Crippen molar-refractivity contribution in [1.82, 2.24) is 0 Å². The van der Waals surface area contributed by atoms with Crippen LogP contribution in [0.1, 0.15) is 19.8 Å². The standard InChI is InChI=1S/C8H11NO2/c1-3-7(5-6-9)11-8(10)4-2/h4,7H,2-3,5H2,1H3. The fourth-order valence-electron chi connectivity index (χ4n) is 0.584. The van der Waals surface area contributed by atoms with Crippen LogP contribution in [0.15, 0.2) is 12.7 Å². The predicted octanol–water partition coefficient (Wildman–Crippen LogP) is 1.41. The van der Waals surface area contributed by atoms with E-state index in [2.05, 4.69) is 6.58 Å². The number of nitriles is 1. The summed E-state index contributed by atoms with van der Waals surface area (Å²) >= 11 is 0. The molecule has 0 N–H and O–H groups in total. The molecule has 60 valence electrons. The van der Waals surface area contributed by atoms with E-state index >= 15 is 0 Å². The molecule has 0 aliphatic carbocycles. The van der Waals surface area contributed by atoms with Crippen molar-refractivity contribution in [3.05, 3.63) is 12.7 Å². The number of hydrogen-bond donors (Lipinski definition) is 0. The first-order chi connectivity index (χ1) is 5.24. The number of ether oxygens (including phenoxy) is 1. The average molecular weight is 153 g/mol. The number of esters is 1. The van der Waals surface area contributed by atoms with Gasteiger partial charge in [-0.05, 0) is 6.42 Å². The molecule has 3 heteroatoms. The lowest BCUT2D eigenvalue weighted by Crippen LogP contribution is -2.14. The number of hydrogen-bond acceptors (Lipinski definition) is 3. The van der Waals surface area contributed by atoms with Gasteiger partial charge in [-0.1, -0.05) is 13.5 Å². The molecular weight excluding hydrogens is 142 g/mol. The van der Waals surface area contributed by atoms with Gasteiger partial charge >= 0.3 is 5.97 Å². The van der Waals surface area contributed by atoms with Gasteiger partial charge in [0.2, 0.25) is 0 Å². The van der Waals surface area contributed by atoms with Crippen LogP contribution < -0.4 is 0 Å². The van der Waals surface area contributed by atoms with Crippen molar-refractivity contribution in [2.24, 2.45) is 0 Å². The van der Waals surface area contributed by atoms with E-state index in [1.807, 2.05) is 13.0 Å². The SMILES string of the molecule is C=CC(=O)OC(CC)CC#N. The van der Waals surface area contributed by atoms with Crippen molar-refractivity contribution in [3.63, 3.8) is 0 Å². The van der Waals surface area contributed by atoms with Crippen LogP contribution in [0.3, 0.4) is 0 Å². The first-order valence-electron chi connectivity index (χ1n) is 3.44. The summed E-state index contributed by atoms with van der Waals surface area (Å²) in [6, 6.07) is 1.94. The first kappa shape index (κ1) is 9.70. The molecule has 0 radical (unpaired) electrons. The van der Waals surface area contributed by atoms with Crippen LogP contribution in [0, 0.1) is 11.3 Å². The van der Waals surface area contributed by atoms with Crippen molar-refractivity contribution in [2.75, 3.05) is 0 Å². The third kappa shape index (κ3) is 4.15. The first-order valence-corrected chi connectivity index (χ1v) is 3.44. The van der Waals surface area contributed by atoms with Crippen LogP contribution in [-0.2, 0) is 9.53 Å². The number of rotatable bonds is 4. The molecule has 0 fully saturated rings. The fraction of sp³-hybridized carbons (Fsp3) is 0.500. The van der Waals surface area contributed by atoms with E-state index in [-0.39, 0.29) is 12.5 Å². The summed E-state index contributed by atoms with van der Waals surface area (Å²) in [5.74, 6) is -0.466. The summed E-state index contributed by atoms with van der Waals surface area (Å²) in [6.45, 7) is 5.11. The molecule has 11 heavy (non-hydrogen) atoms. The summed E-state index contributed by atoms with van der Waals surface area (Å²) in [4.78, 5) is 10.6. The summed E-state index contributed by atoms with van der Waals surface area (Å²) in [6.07, 6.45) is 1.72. The average Bonchev–Trinajstić information content (AvgIpc) is 2.03. The topological polar surface area (TPSA) is 50.1 Å². The Hall–Kier alpha value is -1.30. The Bertz CT molecular complexity index is 181. The van der Waals surface area contributed by atoms with E-state index in [9.17, 15) is 4.79 Å². The maximum absolute atomic E-state index is 10.6. The summed E-state index contributed by atoms with van der Waals surface area (Å²) in [5, 5.41) is 8.29. The van der Waals surface area contributed by atoms with Crippen LogP contribution in [0.2, 0.25) is 0 Å². The van der Waals surface area contributed by atoms with E-state index in [1.54, 1.807) is 0 Å². The predicted molar refractivity (Wildman–Crippen MR) is 40.6 cm³/mol. The molecule has 0 spiro atoms. The lowest BCUT2D eigenvalue weighted by atomic mass is 10.2. The van der Waals surface area contributed by atoms with E-state index in [1.165, 1.54) is 0 Å². The highest BCUT2D eigenvalue weighted by Gasteiger charge is 2.08. The largest absolute Gasteiger partial charge is 0.458 e. The second-order valence-corrected chi connectivity index (χ2v) is 2.03. The zero-order valence-electron chi connectivity index (χ0n) is 6.54. The molecule has 0 aliphatic rings. The van der Waals surface area contributed by atoms with Gasteiger partial charge in [-0.15, -0.1) is 0 Å². The Labute approximate surface area is 66.3 Å². The Morgan fingerprint density at radius 2 is 2.55 bits per heavy atom. The normalized spacial score (nSPS) is 11.3. The second-order valence-electron chi connectivity index (χ2n) is 2.03. The lowest BCUT2D eigenvalue weighted by molar-refractivity contribution is -0.142. The van der Waals surface area contributed by atoms with Gasteiger partial charge in [-0.2, -0.15) is 5.26 Å². The third-order valence-electron chi connectivity index (χ3n) is 1.22. The molecule has 1 atom stereocenters. The van der Waals surface area contributed by atoms with Crippen molar-refractivity contribution in [2.45, 2.75) is 25.9 Å². The smallest absolute Gasteiger partial charge is 0.330 e. The molecule has 0 saturated carbocycles. The Morgan fingerprint density at radius 3 is 2.91 bits per heavy atom. The molecule has 0 bridgehead atoms. The van der Waals surface area contributed by atoms with Crippen molar-refractivity contribution < 1.29 is 9.53 Å². The van der Waals surface area contributed by atoms with Gasteiger partial charge in [0.15, 0.2) is 0 Å². The Balaban J connectivity index is 3.78. The zero-order chi connectivity index (χ0) is 8.69. The Kier molecular flexibility index (Phi) is 4.83. The zero-order valence-corrected chi connectivity index (χ0v) is 6.54. The molecule has 0 aromatic carbocycles. The van der Waals surface area contributed by atoms with Crippen LogP contribution in [0.25, 0.3) is 0 Å². The molecule has 0 saturated heterocycles. The van der Waals surface area contributed by atoms with Gasteiger partial charge in [0.25, 0.3) is 0 Å². The minimum atomic E-state index is -0.466. The monoisotopic (exact) mass is 153 g/mol. The second kappa shape index (κ2) is 5.48. The van der Waals surface area contributed by atoms with E-state index in [0.29, 0.717) is 6.42 Å². The molecule has 3 nitrogen and oxygen atoms in total. The van der Waals surface area contributed by atoms with Gasteiger partial charge in [-0.3, -0.25) is 0 Å².